The zero-order chi connectivity index (χ0) is 23.2. The summed E-state index contributed by atoms with van der Waals surface area (Å²) in [5, 5.41) is 11.8. The Kier molecular flexibility index (Phi) is 6.85. The van der Waals surface area contributed by atoms with Gasteiger partial charge in [-0.25, -0.2) is 4.79 Å². The third-order valence-electron chi connectivity index (χ3n) is 5.11. The summed E-state index contributed by atoms with van der Waals surface area (Å²) in [6.07, 6.45) is 1.29. The van der Waals surface area contributed by atoms with Crippen LogP contribution in [0, 0.1) is 0 Å². The number of benzene rings is 2. The van der Waals surface area contributed by atoms with Gasteiger partial charge in [0.15, 0.2) is 18.0 Å². The van der Waals surface area contributed by atoms with E-state index in [4.69, 9.17) is 9.15 Å². The third kappa shape index (κ3) is 5.48. The van der Waals surface area contributed by atoms with Crippen LogP contribution in [-0.4, -0.2) is 28.8 Å². The van der Waals surface area contributed by atoms with Crippen molar-refractivity contribution in [1.29, 1.82) is 0 Å². The number of nitrogens with zero attached hydrogens (tertiary/aromatic N) is 1. The van der Waals surface area contributed by atoms with E-state index in [1.807, 2.05) is 66.7 Å². The Morgan fingerprint density at radius 1 is 1.06 bits per heavy atom. The summed E-state index contributed by atoms with van der Waals surface area (Å²) in [7, 11) is 0. The SMILES string of the molecule is C[C@H](C(=O)O)c1ccc(-c2ccc(-c3ocnc3NC(=O)OCCc3ccccc3)cc2)s1. The molecule has 0 saturated carbocycles. The third-order valence-corrected chi connectivity index (χ3v) is 6.43. The first-order valence-electron chi connectivity index (χ1n) is 10.4. The molecular weight excluding hydrogens is 440 g/mol. The molecule has 0 fully saturated rings. The van der Waals surface area contributed by atoms with Crippen molar-refractivity contribution in [2.45, 2.75) is 19.3 Å². The molecule has 0 bridgehead atoms. The van der Waals surface area contributed by atoms with Gasteiger partial charge in [0.1, 0.15) is 0 Å². The normalized spacial score (nSPS) is 11.7. The predicted molar refractivity (Wildman–Crippen MR) is 126 cm³/mol. The lowest BCUT2D eigenvalue weighted by molar-refractivity contribution is -0.138. The summed E-state index contributed by atoms with van der Waals surface area (Å²) < 4.78 is 10.7. The molecule has 168 valence electrons. The first-order valence-corrected chi connectivity index (χ1v) is 11.2. The van der Waals surface area contributed by atoms with E-state index in [0.717, 1.165) is 26.4 Å². The van der Waals surface area contributed by atoms with Crippen LogP contribution in [0.3, 0.4) is 0 Å². The van der Waals surface area contributed by atoms with Crippen molar-refractivity contribution in [1.82, 2.24) is 4.98 Å². The summed E-state index contributed by atoms with van der Waals surface area (Å²) in [5.41, 5.74) is 2.79. The zero-order valence-electron chi connectivity index (χ0n) is 17.9. The van der Waals surface area contributed by atoms with E-state index in [-0.39, 0.29) is 12.4 Å². The lowest BCUT2D eigenvalue weighted by Gasteiger charge is -2.07. The quantitative estimate of drug-likeness (QED) is 0.331. The average molecular weight is 463 g/mol. The van der Waals surface area contributed by atoms with E-state index in [0.29, 0.717) is 12.2 Å². The zero-order valence-corrected chi connectivity index (χ0v) is 18.7. The Balaban J connectivity index is 1.39. The van der Waals surface area contributed by atoms with Gasteiger partial charge in [0, 0.05) is 21.7 Å². The van der Waals surface area contributed by atoms with E-state index in [1.54, 1.807) is 6.92 Å². The van der Waals surface area contributed by atoms with Crippen molar-refractivity contribution < 1.29 is 23.8 Å². The Hall–Kier alpha value is -3.91. The van der Waals surface area contributed by atoms with E-state index < -0.39 is 18.0 Å². The summed E-state index contributed by atoms with van der Waals surface area (Å²) >= 11 is 1.45. The van der Waals surface area contributed by atoms with Crippen LogP contribution in [0.15, 0.2) is 77.5 Å². The molecule has 2 aromatic heterocycles. The molecule has 1 amide bonds. The Labute approximate surface area is 194 Å². The summed E-state index contributed by atoms with van der Waals surface area (Å²) in [4.78, 5) is 29.2. The lowest BCUT2D eigenvalue weighted by atomic mass is 10.1. The molecule has 0 aliphatic heterocycles. The number of amides is 1. The summed E-state index contributed by atoms with van der Waals surface area (Å²) in [6.45, 7) is 1.92. The van der Waals surface area contributed by atoms with Crippen molar-refractivity contribution in [3.05, 3.63) is 83.6 Å². The molecule has 33 heavy (non-hydrogen) atoms. The number of carboxylic acid groups (broad SMARTS) is 1. The lowest BCUT2D eigenvalue weighted by Crippen LogP contribution is -2.16. The second-order valence-electron chi connectivity index (χ2n) is 7.37. The van der Waals surface area contributed by atoms with Crippen LogP contribution in [-0.2, 0) is 16.0 Å². The van der Waals surface area contributed by atoms with Gasteiger partial charge in [-0.15, -0.1) is 11.3 Å². The fraction of sp³-hybridized carbons (Fsp3) is 0.160. The van der Waals surface area contributed by atoms with Crippen molar-refractivity contribution in [3.63, 3.8) is 0 Å². The number of rotatable bonds is 8. The molecule has 0 radical (unpaired) electrons. The minimum atomic E-state index is -0.845. The van der Waals surface area contributed by atoms with Gasteiger partial charge in [-0.1, -0.05) is 54.6 Å². The topological polar surface area (TPSA) is 102 Å². The molecular formula is C25H22N2O5S. The fourth-order valence-electron chi connectivity index (χ4n) is 3.23. The number of hydrogen-bond donors (Lipinski definition) is 2. The number of oxazole rings is 1. The van der Waals surface area contributed by atoms with E-state index >= 15 is 0 Å². The number of aromatic nitrogens is 1. The van der Waals surface area contributed by atoms with Crippen LogP contribution < -0.4 is 5.32 Å². The van der Waals surface area contributed by atoms with Crippen LogP contribution in [0.4, 0.5) is 10.6 Å². The molecule has 0 aliphatic rings. The van der Waals surface area contributed by atoms with Gasteiger partial charge in [0.25, 0.3) is 0 Å². The Bertz CT molecular complexity index is 1230. The number of carbonyl (C=O) groups excluding carboxylic acids is 1. The van der Waals surface area contributed by atoms with Crippen LogP contribution >= 0.6 is 11.3 Å². The molecule has 0 aliphatic carbocycles. The van der Waals surface area contributed by atoms with Crippen molar-refractivity contribution >= 4 is 29.2 Å². The second kappa shape index (κ2) is 10.1. The Morgan fingerprint density at radius 2 is 1.79 bits per heavy atom. The van der Waals surface area contributed by atoms with E-state index in [2.05, 4.69) is 10.3 Å². The largest absolute Gasteiger partial charge is 0.481 e. The minimum absolute atomic E-state index is 0.251. The molecule has 2 N–H and O–H groups in total. The second-order valence-corrected chi connectivity index (χ2v) is 8.48. The highest BCUT2D eigenvalue weighted by Crippen LogP contribution is 2.34. The number of hydrogen-bond acceptors (Lipinski definition) is 6. The van der Waals surface area contributed by atoms with Gasteiger partial charge >= 0.3 is 12.1 Å². The van der Waals surface area contributed by atoms with Crippen molar-refractivity contribution in [2.75, 3.05) is 11.9 Å². The number of thiophene rings is 1. The molecule has 4 rings (SSSR count). The number of carbonyl (C=O) groups is 2. The highest BCUT2D eigenvalue weighted by Gasteiger charge is 2.17. The van der Waals surface area contributed by atoms with Crippen molar-refractivity contribution in [2.24, 2.45) is 0 Å². The fourth-order valence-corrected chi connectivity index (χ4v) is 4.28. The maximum Gasteiger partial charge on any atom is 0.412 e. The van der Waals surface area contributed by atoms with Crippen LogP contribution in [0.1, 0.15) is 23.3 Å². The number of nitrogens with one attached hydrogen (secondary N) is 1. The number of aliphatic carboxylic acids is 1. The number of ether oxygens (including phenoxy) is 1. The van der Waals surface area contributed by atoms with Gasteiger partial charge in [-0.05, 0) is 30.2 Å². The molecule has 7 nitrogen and oxygen atoms in total. The highest BCUT2D eigenvalue weighted by atomic mass is 32.1. The minimum Gasteiger partial charge on any atom is -0.481 e. The highest BCUT2D eigenvalue weighted by molar-refractivity contribution is 7.15. The first kappa shape index (κ1) is 22.3. The summed E-state index contributed by atoms with van der Waals surface area (Å²) in [5.74, 6) is -0.685. The molecule has 0 unspecified atom stereocenters. The van der Waals surface area contributed by atoms with Crippen LogP contribution in [0.2, 0.25) is 0 Å². The van der Waals surface area contributed by atoms with Gasteiger partial charge in [-0.3, -0.25) is 10.1 Å². The van der Waals surface area contributed by atoms with E-state index in [1.165, 1.54) is 17.7 Å². The van der Waals surface area contributed by atoms with Gasteiger partial charge in [0.05, 0.1) is 12.5 Å². The molecule has 2 aromatic carbocycles. The van der Waals surface area contributed by atoms with Gasteiger partial charge in [-0.2, -0.15) is 4.98 Å². The predicted octanol–water partition coefficient (Wildman–Crippen LogP) is 6.05. The molecule has 2 heterocycles. The maximum absolute atomic E-state index is 12.2. The van der Waals surface area contributed by atoms with Crippen molar-refractivity contribution in [3.8, 4) is 21.8 Å². The molecule has 0 spiro atoms. The number of anilines is 1. The average Bonchev–Trinajstić information content (AvgIpc) is 3.49. The molecule has 1 atom stereocenters. The first-order chi connectivity index (χ1) is 16.0. The van der Waals surface area contributed by atoms with Gasteiger partial charge < -0.3 is 14.3 Å². The molecule has 4 aromatic rings. The molecule has 8 heteroatoms. The standard InChI is InChI=1S/C25H22N2O5S/c1-16(24(28)29)20-11-12-21(33-20)18-7-9-19(10-8-18)22-23(26-15-32-22)27-25(30)31-14-13-17-5-3-2-4-6-17/h2-12,15-16H,13-14H2,1H3,(H,27,30)(H,28,29)/t16-/m0/s1. The smallest absolute Gasteiger partial charge is 0.412 e. The molecule has 0 saturated heterocycles. The van der Waals surface area contributed by atoms with Gasteiger partial charge in [0.2, 0.25) is 0 Å². The maximum atomic E-state index is 12.2. The number of carboxylic acids is 1. The monoisotopic (exact) mass is 462 g/mol. The Morgan fingerprint density at radius 3 is 2.52 bits per heavy atom. The van der Waals surface area contributed by atoms with E-state index in [9.17, 15) is 14.7 Å². The van der Waals surface area contributed by atoms with Crippen LogP contribution in [0.5, 0.6) is 0 Å². The summed E-state index contributed by atoms with van der Waals surface area (Å²) in [6, 6.07) is 21.1. The van der Waals surface area contributed by atoms with Crippen LogP contribution in [0.25, 0.3) is 21.8 Å².